The number of likely N-dealkylation sites (tertiary alicyclic amines) is 2. The third-order valence-electron chi connectivity index (χ3n) is 5.49. The summed E-state index contributed by atoms with van der Waals surface area (Å²) in [7, 11) is 0. The molecule has 0 spiro atoms. The molecule has 1 aromatic rings. The standard InChI is InChI=1S/C19H31N3O2S/c1-4-24-18(23)19-6-5-8-21(13-17-20-7-9-25-17)11-16(19)12-22(14-19)10-15(2)3/h7,9,15-16H,4-6,8,10-14H2,1-3H3/t16-,19-/m1/s1. The second kappa shape index (κ2) is 8.14. The number of ether oxygens (including phenoxy) is 1. The molecule has 0 unspecified atom stereocenters. The first-order valence-corrected chi connectivity index (χ1v) is 10.4. The van der Waals surface area contributed by atoms with Crippen LogP contribution in [0, 0.1) is 17.3 Å². The highest BCUT2D eigenvalue weighted by Gasteiger charge is 2.53. The lowest BCUT2D eigenvalue weighted by molar-refractivity contribution is -0.157. The van der Waals surface area contributed by atoms with Gasteiger partial charge < -0.3 is 9.64 Å². The van der Waals surface area contributed by atoms with E-state index in [1.54, 1.807) is 11.3 Å². The highest BCUT2D eigenvalue weighted by Crippen LogP contribution is 2.44. The average Bonchev–Trinajstić information content (AvgIpc) is 3.12. The predicted octanol–water partition coefficient (Wildman–Crippen LogP) is 2.88. The molecule has 140 valence electrons. The van der Waals surface area contributed by atoms with E-state index >= 15 is 0 Å². The fraction of sp³-hybridized carbons (Fsp3) is 0.789. The van der Waals surface area contributed by atoms with Crippen LogP contribution >= 0.6 is 11.3 Å². The van der Waals surface area contributed by atoms with Crippen molar-refractivity contribution in [3.05, 3.63) is 16.6 Å². The van der Waals surface area contributed by atoms with Crippen LogP contribution < -0.4 is 0 Å². The third kappa shape index (κ3) is 4.23. The lowest BCUT2D eigenvalue weighted by Gasteiger charge is -2.31. The van der Waals surface area contributed by atoms with E-state index in [1.807, 2.05) is 18.5 Å². The second-order valence-corrected chi connectivity index (χ2v) is 8.91. The minimum atomic E-state index is -0.317. The average molecular weight is 366 g/mol. The van der Waals surface area contributed by atoms with E-state index in [1.165, 1.54) is 5.01 Å². The Morgan fingerprint density at radius 2 is 2.24 bits per heavy atom. The van der Waals surface area contributed by atoms with Crippen LogP contribution in [0.2, 0.25) is 0 Å². The molecule has 25 heavy (non-hydrogen) atoms. The molecule has 1 aromatic heterocycles. The number of carbonyl (C=O) groups excluding carboxylic acids is 1. The minimum Gasteiger partial charge on any atom is -0.466 e. The Morgan fingerprint density at radius 3 is 2.92 bits per heavy atom. The molecule has 0 saturated carbocycles. The van der Waals surface area contributed by atoms with Gasteiger partial charge in [-0.15, -0.1) is 11.3 Å². The molecule has 2 saturated heterocycles. The Morgan fingerprint density at radius 1 is 1.44 bits per heavy atom. The summed E-state index contributed by atoms with van der Waals surface area (Å²) in [6.45, 7) is 12.7. The van der Waals surface area contributed by atoms with Gasteiger partial charge in [0.1, 0.15) is 5.01 Å². The van der Waals surface area contributed by atoms with Crippen LogP contribution in [0.25, 0.3) is 0 Å². The van der Waals surface area contributed by atoms with E-state index in [0.29, 0.717) is 18.4 Å². The molecule has 0 amide bonds. The molecule has 0 aromatic carbocycles. The fourth-order valence-corrected chi connectivity index (χ4v) is 5.20. The Balaban J connectivity index is 1.76. The van der Waals surface area contributed by atoms with Gasteiger partial charge in [0.05, 0.1) is 18.6 Å². The van der Waals surface area contributed by atoms with Gasteiger partial charge in [-0.2, -0.15) is 0 Å². The van der Waals surface area contributed by atoms with Crippen molar-refractivity contribution in [3.63, 3.8) is 0 Å². The van der Waals surface area contributed by atoms with E-state index in [2.05, 4.69) is 28.6 Å². The summed E-state index contributed by atoms with van der Waals surface area (Å²) in [4.78, 5) is 22.3. The van der Waals surface area contributed by atoms with Crippen molar-refractivity contribution in [3.8, 4) is 0 Å². The van der Waals surface area contributed by atoms with Crippen molar-refractivity contribution in [2.45, 2.75) is 40.2 Å². The summed E-state index contributed by atoms with van der Waals surface area (Å²) in [5.74, 6) is 1.00. The largest absolute Gasteiger partial charge is 0.466 e. The van der Waals surface area contributed by atoms with Crippen LogP contribution in [0.3, 0.4) is 0 Å². The Bertz CT molecular complexity index is 563. The number of hydrogen-bond acceptors (Lipinski definition) is 6. The number of carbonyl (C=O) groups is 1. The highest BCUT2D eigenvalue weighted by atomic mass is 32.1. The second-order valence-electron chi connectivity index (χ2n) is 7.93. The quantitative estimate of drug-likeness (QED) is 0.726. The fourth-order valence-electron chi connectivity index (χ4n) is 4.55. The molecular weight excluding hydrogens is 334 g/mol. The zero-order valence-corrected chi connectivity index (χ0v) is 16.6. The summed E-state index contributed by atoms with van der Waals surface area (Å²) in [6.07, 6.45) is 3.87. The molecule has 0 aliphatic carbocycles. The Hall–Kier alpha value is -0.980. The SMILES string of the molecule is CCOC(=O)[C@@]12CCCN(Cc3nccs3)C[C@@H]1CN(CC(C)C)C2. The summed E-state index contributed by atoms with van der Waals surface area (Å²) in [5, 5.41) is 3.20. The molecular formula is C19H31N3O2S. The predicted molar refractivity (Wildman–Crippen MR) is 100 cm³/mol. The third-order valence-corrected chi connectivity index (χ3v) is 6.25. The van der Waals surface area contributed by atoms with Crippen LogP contribution in [-0.2, 0) is 16.1 Å². The van der Waals surface area contributed by atoms with E-state index < -0.39 is 0 Å². The van der Waals surface area contributed by atoms with Crippen molar-refractivity contribution in [2.24, 2.45) is 17.3 Å². The van der Waals surface area contributed by atoms with Crippen LogP contribution in [0.4, 0.5) is 0 Å². The van der Waals surface area contributed by atoms with Crippen LogP contribution in [0.5, 0.6) is 0 Å². The molecule has 6 heteroatoms. The lowest BCUT2D eigenvalue weighted by Crippen LogP contribution is -2.42. The molecule has 2 aliphatic rings. The van der Waals surface area contributed by atoms with Crippen LogP contribution in [0.1, 0.15) is 38.6 Å². The van der Waals surface area contributed by atoms with E-state index in [4.69, 9.17) is 4.74 Å². The van der Waals surface area contributed by atoms with Crippen molar-refractivity contribution in [2.75, 3.05) is 39.3 Å². The molecule has 0 N–H and O–H groups in total. The zero-order valence-electron chi connectivity index (χ0n) is 15.7. The Labute approximate surface area is 155 Å². The first-order chi connectivity index (χ1) is 12.0. The van der Waals surface area contributed by atoms with Crippen molar-refractivity contribution < 1.29 is 9.53 Å². The maximum absolute atomic E-state index is 12.9. The van der Waals surface area contributed by atoms with Crippen molar-refractivity contribution in [1.29, 1.82) is 0 Å². The number of aromatic nitrogens is 1. The zero-order chi connectivity index (χ0) is 17.9. The monoisotopic (exact) mass is 365 g/mol. The maximum atomic E-state index is 12.9. The first kappa shape index (κ1) is 18.8. The first-order valence-electron chi connectivity index (χ1n) is 9.54. The maximum Gasteiger partial charge on any atom is 0.313 e. The number of esters is 1. The summed E-state index contributed by atoms with van der Waals surface area (Å²) in [6, 6.07) is 0. The topological polar surface area (TPSA) is 45.7 Å². The number of fused-ring (bicyclic) bond motifs is 1. The van der Waals surface area contributed by atoms with E-state index in [9.17, 15) is 4.79 Å². The normalized spacial score (nSPS) is 28.1. The minimum absolute atomic E-state index is 0.0300. The van der Waals surface area contributed by atoms with Gasteiger partial charge in [0.2, 0.25) is 0 Å². The molecule has 0 radical (unpaired) electrons. The van der Waals surface area contributed by atoms with Crippen LogP contribution in [-0.4, -0.2) is 60.1 Å². The molecule has 3 rings (SSSR count). The van der Waals surface area contributed by atoms with Gasteiger partial charge in [-0.25, -0.2) is 4.98 Å². The van der Waals surface area contributed by atoms with Gasteiger partial charge in [-0.05, 0) is 32.2 Å². The molecule has 2 aliphatic heterocycles. The van der Waals surface area contributed by atoms with Gasteiger partial charge >= 0.3 is 5.97 Å². The van der Waals surface area contributed by atoms with E-state index in [-0.39, 0.29) is 11.4 Å². The Kier molecular flexibility index (Phi) is 6.12. The highest BCUT2D eigenvalue weighted by molar-refractivity contribution is 7.09. The van der Waals surface area contributed by atoms with Gasteiger partial charge in [-0.1, -0.05) is 13.8 Å². The molecule has 5 nitrogen and oxygen atoms in total. The number of rotatable bonds is 6. The number of thiazole rings is 1. The number of nitrogens with zero attached hydrogens (tertiary/aromatic N) is 3. The molecule has 0 bridgehead atoms. The smallest absolute Gasteiger partial charge is 0.313 e. The summed E-state index contributed by atoms with van der Waals surface area (Å²) < 4.78 is 5.54. The summed E-state index contributed by atoms with van der Waals surface area (Å²) in [5.41, 5.74) is -0.317. The van der Waals surface area contributed by atoms with Crippen molar-refractivity contribution >= 4 is 17.3 Å². The van der Waals surface area contributed by atoms with Gasteiger partial charge in [0.25, 0.3) is 0 Å². The van der Waals surface area contributed by atoms with Gasteiger partial charge in [0.15, 0.2) is 0 Å². The molecule has 2 atom stereocenters. The molecule has 3 heterocycles. The summed E-state index contributed by atoms with van der Waals surface area (Å²) >= 11 is 1.72. The van der Waals surface area contributed by atoms with E-state index in [0.717, 1.165) is 52.1 Å². The van der Waals surface area contributed by atoms with Gasteiger partial charge in [0, 0.05) is 43.7 Å². The lowest BCUT2D eigenvalue weighted by atomic mass is 9.75. The van der Waals surface area contributed by atoms with Crippen molar-refractivity contribution in [1.82, 2.24) is 14.8 Å². The van der Waals surface area contributed by atoms with Gasteiger partial charge in [-0.3, -0.25) is 9.69 Å². The molecule has 2 fully saturated rings. The number of hydrogen-bond donors (Lipinski definition) is 0. The van der Waals surface area contributed by atoms with Crippen LogP contribution in [0.15, 0.2) is 11.6 Å².